The molecule has 7 heteroatoms. The highest BCUT2D eigenvalue weighted by Crippen LogP contribution is 2.33. The van der Waals surface area contributed by atoms with Crippen molar-refractivity contribution in [2.75, 3.05) is 7.11 Å². The molecule has 0 saturated heterocycles. The Labute approximate surface area is 142 Å². The summed E-state index contributed by atoms with van der Waals surface area (Å²) in [4.78, 5) is 26.1. The van der Waals surface area contributed by atoms with E-state index in [1.807, 2.05) is 13.8 Å². The number of benzene rings is 1. The van der Waals surface area contributed by atoms with Crippen LogP contribution in [0.2, 0.25) is 0 Å². The first kappa shape index (κ1) is 17.5. The molecule has 1 aliphatic heterocycles. The topological polar surface area (TPSA) is 58.6 Å². The number of esters is 1. The van der Waals surface area contributed by atoms with E-state index in [4.69, 9.17) is 4.74 Å². The molecule has 1 aliphatic rings. The quantitative estimate of drug-likeness (QED) is 0.811. The zero-order valence-corrected chi connectivity index (χ0v) is 14.9. The predicted octanol–water partition coefficient (Wildman–Crippen LogP) is 3.51. The van der Waals surface area contributed by atoms with Crippen molar-refractivity contribution in [1.82, 2.24) is 10.2 Å². The summed E-state index contributed by atoms with van der Waals surface area (Å²) in [5, 5.41) is 2.79. The molecule has 2 rings (SSSR count). The summed E-state index contributed by atoms with van der Waals surface area (Å²) in [5.41, 5.74) is 1.45. The molecule has 0 aliphatic carbocycles. The number of carbonyl (C=O) groups is 2. The van der Waals surface area contributed by atoms with E-state index in [0.29, 0.717) is 16.8 Å². The molecule has 5 nitrogen and oxygen atoms in total. The van der Waals surface area contributed by atoms with E-state index in [1.165, 1.54) is 24.1 Å². The van der Waals surface area contributed by atoms with Crippen molar-refractivity contribution in [1.29, 1.82) is 0 Å². The average Bonchev–Trinajstić information content (AvgIpc) is 2.48. The fourth-order valence-corrected chi connectivity index (χ4v) is 3.09. The number of methoxy groups -OCH3 is 1. The number of rotatable bonds is 3. The van der Waals surface area contributed by atoms with E-state index in [1.54, 1.807) is 13.0 Å². The van der Waals surface area contributed by atoms with Crippen molar-refractivity contribution in [3.8, 4) is 0 Å². The van der Waals surface area contributed by atoms with Crippen molar-refractivity contribution in [3.05, 3.63) is 45.3 Å². The second kappa shape index (κ2) is 6.70. The third kappa shape index (κ3) is 3.24. The number of nitrogens with one attached hydrogen (secondary N) is 1. The van der Waals surface area contributed by atoms with Gasteiger partial charge in [-0.15, -0.1) is 0 Å². The average molecular weight is 385 g/mol. The molecule has 0 saturated carbocycles. The Bertz CT molecular complexity index is 688. The van der Waals surface area contributed by atoms with E-state index in [-0.39, 0.29) is 16.5 Å². The van der Waals surface area contributed by atoms with Crippen molar-refractivity contribution in [2.24, 2.45) is 0 Å². The summed E-state index contributed by atoms with van der Waals surface area (Å²) in [5.74, 6) is -0.946. The lowest BCUT2D eigenvalue weighted by atomic mass is 9.94. The Balaban J connectivity index is 2.59. The molecule has 0 spiro atoms. The number of nitrogens with zero attached hydrogens (tertiary/aromatic N) is 1. The van der Waals surface area contributed by atoms with Gasteiger partial charge in [0.15, 0.2) is 0 Å². The Kier molecular flexibility index (Phi) is 5.09. The molecule has 124 valence electrons. The highest BCUT2D eigenvalue weighted by Gasteiger charge is 2.37. The van der Waals surface area contributed by atoms with Crippen LogP contribution in [0.3, 0.4) is 0 Å². The fraction of sp³-hybridized carbons (Fsp3) is 0.375. The standard InChI is InChI=1S/C16H18BrFN2O3/c1-8(2)20-9(3)13(15(21)23-4)14(19-16(20)22)10-5-6-12(18)11(17)7-10/h5-8,14H,1-4H3,(H,19,22)/t14-/m0/s1. The van der Waals surface area contributed by atoms with Crippen molar-refractivity contribution in [3.63, 3.8) is 0 Å². The molecule has 23 heavy (non-hydrogen) atoms. The molecule has 1 atom stereocenters. The van der Waals surface area contributed by atoms with Crippen LogP contribution in [0.25, 0.3) is 0 Å². The van der Waals surface area contributed by atoms with Gasteiger partial charge in [0, 0.05) is 11.7 Å². The SMILES string of the molecule is COC(=O)C1=C(C)N(C(C)C)C(=O)N[C@H]1c1ccc(F)c(Br)c1. The van der Waals surface area contributed by atoms with Gasteiger partial charge in [0.05, 0.1) is 23.2 Å². The lowest BCUT2D eigenvalue weighted by Gasteiger charge is -2.37. The minimum Gasteiger partial charge on any atom is -0.466 e. The van der Waals surface area contributed by atoms with Gasteiger partial charge < -0.3 is 10.1 Å². The molecule has 1 aromatic carbocycles. The molecule has 0 fully saturated rings. The van der Waals surface area contributed by atoms with Crippen LogP contribution >= 0.6 is 15.9 Å². The zero-order chi connectivity index (χ0) is 17.3. The van der Waals surface area contributed by atoms with Crippen molar-refractivity contribution >= 4 is 27.9 Å². The Morgan fingerprint density at radius 3 is 2.61 bits per heavy atom. The molecular formula is C16H18BrFN2O3. The van der Waals surface area contributed by atoms with Gasteiger partial charge in [-0.1, -0.05) is 6.07 Å². The summed E-state index contributed by atoms with van der Waals surface area (Å²) >= 11 is 3.12. The van der Waals surface area contributed by atoms with Crippen LogP contribution in [0, 0.1) is 5.82 Å². The van der Waals surface area contributed by atoms with Gasteiger partial charge in [-0.25, -0.2) is 14.0 Å². The van der Waals surface area contributed by atoms with Crippen LogP contribution in [0.4, 0.5) is 9.18 Å². The molecular weight excluding hydrogens is 367 g/mol. The van der Waals surface area contributed by atoms with E-state index >= 15 is 0 Å². The number of carbonyl (C=O) groups excluding carboxylic acids is 2. The van der Waals surface area contributed by atoms with Gasteiger partial charge >= 0.3 is 12.0 Å². The molecule has 0 bridgehead atoms. The molecule has 0 radical (unpaired) electrons. The monoisotopic (exact) mass is 384 g/mol. The third-order valence-corrected chi connectivity index (χ3v) is 4.33. The lowest BCUT2D eigenvalue weighted by molar-refractivity contribution is -0.136. The largest absolute Gasteiger partial charge is 0.466 e. The normalized spacial score (nSPS) is 18.3. The summed E-state index contributed by atoms with van der Waals surface area (Å²) in [6.45, 7) is 5.41. The molecule has 0 unspecified atom stereocenters. The highest BCUT2D eigenvalue weighted by molar-refractivity contribution is 9.10. The number of urea groups is 1. The van der Waals surface area contributed by atoms with Gasteiger partial charge in [-0.2, -0.15) is 0 Å². The maximum atomic E-state index is 13.5. The van der Waals surface area contributed by atoms with Crippen molar-refractivity contribution in [2.45, 2.75) is 32.9 Å². The molecule has 1 heterocycles. The van der Waals surface area contributed by atoms with Crippen molar-refractivity contribution < 1.29 is 18.7 Å². The fourth-order valence-electron chi connectivity index (χ4n) is 2.70. The van der Waals surface area contributed by atoms with E-state index < -0.39 is 17.8 Å². The number of halogens is 2. The molecule has 1 N–H and O–H groups in total. The van der Waals surface area contributed by atoms with Crippen LogP contribution < -0.4 is 5.32 Å². The smallest absolute Gasteiger partial charge is 0.337 e. The van der Waals surface area contributed by atoms with Crippen LogP contribution in [-0.2, 0) is 9.53 Å². The summed E-state index contributed by atoms with van der Waals surface area (Å²) in [6.07, 6.45) is 0. The van der Waals surface area contributed by atoms with E-state index in [2.05, 4.69) is 21.2 Å². The summed E-state index contributed by atoms with van der Waals surface area (Å²) in [6, 6.07) is 3.24. The summed E-state index contributed by atoms with van der Waals surface area (Å²) in [7, 11) is 1.29. The summed E-state index contributed by atoms with van der Waals surface area (Å²) < 4.78 is 18.6. The van der Waals surface area contributed by atoms with Gasteiger partial charge in [-0.3, -0.25) is 4.90 Å². The minimum absolute atomic E-state index is 0.115. The first-order valence-electron chi connectivity index (χ1n) is 7.11. The number of amides is 2. The van der Waals surface area contributed by atoms with Crippen LogP contribution in [-0.4, -0.2) is 30.1 Å². The minimum atomic E-state index is -0.693. The Hall–Kier alpha value is -1.89. The maximum absolute atomic E-state index is 13.5. The predicted molar refractivity (Wildman–Crippen MR) is 87.1 cm³/mol. The maximum Gasteiger partial charge on any atom is 0.337 e. The first-order valence-corrected chi connectivity index (χ1v) is 7.91. The number of hydrogen-bond acceptors (Lipinski definition) is 3. The Morgan fingerprint density at radius 1 is 1.43 bits per heavy atom. The van der Waals surface area contributed by atoms with Gasteiger partial charge in [0.25, 0.3) is 0 Å². The molecule has 1 aromatic rings. The van der Waals surface area contributed by atoms with Gasteiger partial charge in [-0.05, 0) is 54.4 Å². The van der Waals surface area contributed by atoms with Crippen LogP contribution in [0.1, 0.15) is 32.4 Å². The second-order valence-corrected chi connectivity index (χ2v) is 6.36. The second-order valence-electron chi connectivity index (χ2n) is 5.51. The molecule has 0 aromatic heterocycles. The van der Waals surface area contributed by atoms with Gasteiger partial charge in [0.2, 0.25) is 0 Å². The highest BCUT2D eigenvalue weighted by atomic mass is 79.9. The third-order valence-electron chi connectivity index (χ3n) is 3.73. The van der Waals surface area contributed by atoms with E-state index in [9.17, 15) is 14.0 Å². The number of allylic oxidation sites excluding steroid dienone is 1. The van der Waals surface area contributed by atoms with Crippen LogP contribution in [0.5, 0.6) is 0 Å². The zero-order valence-electron chi connectivity index (χ0n) is 13.3. The lowest BCUT2D eigenvalue weighted by Crippen LogP contribution is -2.50. The first-order chi connectivity index (χ1) is 10.8. The number of hydrogen-bond donors (Lipinski definition) is 1. The number of ether oxygens (including phenoxy) is 1. The van der Waals surface area contributed by atoms with E-state index in [0.717, 1.165) is 0 Å². The van der Waals surface area contributed by atoms with Crippen LogP contribution in [0.15, 0.2) is 33.9 Å². The Morgan fingerprint density at radius 2 is 2.09 bits per heavy atom. The molecule has 2 amide bonds. The van der Waals surface area contributed by atoms with Gasteiger partial charge in [0.1, 0.15) is 5.82 Å².